The maximum atomic E-state index is 11.6. The van der Waals surface area contributed by atoms with Crippen molar-refractivity contribution >= 4 is 11.7 Å². The molecule has 0 bridgehead atoms. The Kier molecular flexibility index (Phi) is 4.18. The van der Waals surface area contributed by atoms with Gasteiger partial charge in [0.05, 0.1) is 18.9 Å². The molecule has 0 unspecified atom stereocenters. The van der Waals surface area contributed by atoms with Crippen molar-refractivity contribution in [3.8, 4) is 0 Å². The molecule has 1 N–H and O–H groups in total. The maximum absolute atomic E-state index is 11.6. The summed E-state index contributed by atoms with van der Waals surface area (Å²) in [4.78, 5) is 11.6. The number of nitrogens with one attached hydrogen (secondary N) is 1. The van der Waals surface area contributed by atoms with Crippen molar-refractivity contribution < 1.29 is 9.53 Å². The zero-order valence-corrected chi connectivity index (χ0v) is 11.1. The van der Waals surface area contributed by atoms with Crippen molar-refractivity contribution in [3.05, 3.63) is 47.8 Å². The molecule has 0 radical (unpaired) electrons. The second-order valence-corrected chi connectivity index (χ2v) is 4.09. The number of para-hydroxylation sites is 1. The summed E-state index contributed by atoms with van der Waals surface area (Å²) in [5.74, 6) is -0.340. The second-order valence-electron chi connectivity index (χ2n) is 4.09. The Balaban J connectivity index is 2.08. The molecule has 2 aromatic rings. The molecule has 1 aromatic carbocycles. The number of carbonyl (C=O) groups is 1. The fourth-order valence-corrected chi connectivity index (χ4v) is 1.79. The van der Waals surface area contributed by atoms with E-state index in [1.54, 1.807) is 6.07 Å². The van der Waals surface area contributed by atoms with Gasteiger partial charge < -0.3 is 10.1 Å². The van der Waals surface area contributed by atoms with Crippen LogP contribution in [0.15, 0.2) is 36.7 Å². The van der Waals surface area contributed by atoms with Crippen molar-refractivity contribution in [2.45, 2.75) is 20.0 Å². The highest BCUT2D eigenvalue weighted by molar-refractivity contribution is 5.95. The normalized spacial score (nSPS) is 10.2. The minimum absolute atomic E-state index is 0.340. The smallest absolute Gasteiger partial charge is 0.339 e. The lowest BCUT2D eigenvalue weighted by Gasteiger charge is -2.09. The Morgan fingerprint density at radius 3 is 2.89 bits per heavy atom. The molecule has 0 saturated carbocycles. The third-order valence-corrected chi connectivity index (χ3v) is 2.83. The van der Waals surface area contributed by atoms with Gasteiger partial charge in [-0.15, -0.1) is 0 Å². The molecule has 0 aliphatic rings. The van der Waals surface area contributed by atoms with Crippen LogP contribution in [-0.4, -0.2) is 22.9 Å². The Bertz CT molecular complexity index is 563. The number of aryl methyl sites for hydroxylation is 1. The van der Waals surface area contributed by atoms with Crippen LogP contribution in [-0.2, 0) is 17.8 Å². The van der Waals surface area contributed by atoms with Gasteiger partial charge in [0.25, 0.3) is 0 Å². The molecule has 0 atom stereocenters. The van der Waals surface area contributed by atoms with E-state index >= 15 is 0 Å². The highest BCUT2D eigenvalue weighted by atomic mass is 16.5. The number of aromatic nitrogens is 2. The van der Waals surface area contributed by atoms with Crippen LogP contribution in [0.5, 0.6) is 0 Å². The van der Waals surface area contributed by atoms with E-state index in [-0.39, 0.29) is 5.97 Å². The maximum Gasteiger partial charge on any atom is 0.339 e. The molecule has 1 aromatic heterocycles. The van der Waals surface area contributed by atoms with E-state index in [2.05, 4.69) is 10.4 Å². The number of nitrogens with zero attached hydrogens (tertiary/aromatic N) is 2. The van der Waals surface area contributed by atoms with E-state index in [0.29, 0.717) is 12.1 Å². The highest BCUT2D eigenvalue weighted by Gasteiger charge is 2.10. The van der Waals surface area contributed by atoms with E-state index in [1.165, 1.54) is 7.11 Å². The van der Waals surface area contributed by atoms with E-state index in [0.717, 1.165) is 17.8 Å². The molecule has 1 heterocycles. The van der Waals surface area contributed by atoms with Gasteiger partial charge in [-0.05, 0) is 19.1 Å². The van der Waals surface area contributed by atoms with E-state index < -0.39 is 0 Å². The minimum atomic E-state index is -0.340. The standard InChI is InChI=1S/C14H17N3O2/c1-3-17-10-11(9-16-17)8-15-13-7-5-4-6-12(13)14(18)19-2/h4-7,9-10,15H,3,8H2,1-2H3. The highest BCUT2D eigenvalue weighted by Crippen LogP contribution is 2.16. The summed E-state index contributed by atoms with van der Waals surface area (Å²) in [5, 5.41) is 7.43. The summed E-state index contributed by atoms with van der Waals surface area (Å²) in [6.07, 6.45) is 3.80. The van der Waals surface area contributed by atoms with Crippen LogP contribution < -0.4 is 5.32 Å². The molecule has 0 spiro atoms. The van der Waals surface area contributed by atoms with Crippen molar-refractivity contribution in [2.75, 3.05) is 12.4 Å². The predicted octanol–water partition coefficient (Wildman–Crippen LogP) is 2.30. The van der Waals surface area contributed by atoms with Gasteiger partial charge in [-0.2, -0.15) is 5.10 Å². The van der Waals surface area contributed by atoms with Crippen LogP contribution in [0.1, 0.15) is 22.8 Å². The molecule has 0 aliphatic heterocycles. The number of hydrogen-bond acceptors (Lipinski definition) is 4. The monoisotopic (exact) mass is 259 g/mol. The van der Waals surface area contributed by atoms with Crippen molar-refractivity contribution in [2.24, 2.45) is 0 Å². The van der Waals surface area contributed by atoms with Crippen LogP contribution in [0, 0.1) is 0 Å². The molecule has 2 rings (SSSR count). The third-order valence-electron chi connectivity index (χ3n) is 2.83. The minimum Gasteiger partial charge on any atom is -0.465 e. The number of ether oxygens (including phenoxy) is 1. The molecule has 0 saturated heterocycles. The van der Waals surface area contributed by atoms with Gasteiger partial charge in [-0.3, -0.25) is 4.68 Å². The summed E-state index contributed by atoms with van der Waals surface area (Å²) >= 11 is 0. The van der Waals surface area contributed by atoms with Crippen LogP contribution >= 0.6 is 0 Å². The third kappa shape index (κ3) is 3.13. The summed E-state index contributed by atoms with van der Waals surface area (Å²) in [7, 11) is 1.38. The Hall–Kier alpha value is -2.30. The average molecular weight is 259 g/mol. The molecule has 5 nitrogen and oxygen atoms in total. The fourth-order valence-electron chi connectivity index (χ4n) is 1.79. The zero-order chi connectivity index (χ0) is 13.7. The number of rotatable bonds is 5. The largest absolute Gasteiger partial charge is 0.465 e. The fraction of sp³-hybridized carbons (Fsp3) is 0.286. The number of esters is 1. The van der Waals surface area contributed by atoms with Gasteiger partial charge in [0.2, 0.25) is 0 Å². The Morgan fingerprint density at radius 2 is 2.21 bits per heavy atom. The zero-order valence-electron chi connectivity index (χ0n) is 11.1. The predicted molar refractivity (Wildman–Crippen MR) is 73.0 cm³/mol. The second kappa shape index (κ2) is 6.04. The van der Waals surface area contributed by atoms with Gasteiger partial charge in [-0.25, -0.2) is 4.79 Å². The Morgan fingerprint density at radius 1 is 1.42 bits per heavy atom. The molecular formula is C14H17N3O2. The number of benzene rings is 1. The molecular weight excluding hydrogens is 242 g/mol. The summed E-state index contributed by atoms with van der Waals surface area (Å²) < 4.78 is 6.62. The lowest BCUT2D eigenvalue weighted by molar-refractivity contribution is 0.0602. The molecule has 0 aliphatic carbocycles. The topological polar surface area (TPSA) is 56.2 Å². The summed E-state index contributed by atoms with van der Waals surface area (Å²) in [6, 6.07) is 7.29. The van der Waals surface area contributed by atoms with Gasteiger partial charge in [-0.1, -0.05) is 12.1 Å². The summed E-state index contributed by atoms with van der Waals surface area (Å²) in [6.45, 7) is 3.50. The molecule has 0 amide bonds. The van der Waals surface area contributed by atoms with Crippen LogP contribution in [0.3, 0.4) is 0 Å². The number of hydrogen-bond donors (Lipinski definition) is 1. The number of methoxy groups -OCH3 is 1. The number of anilines is 1. The van der Waals surface area contributed by atoms with Gasteiger partial charge in [0.15, 0.2) is 0 Å². The quantitative estimate of drug-likeness (QED) is 0.837. The van der Waals surface area contributed by atoms with Crippen molar-refractivity contribution in [3.63, 3.8) is 0 Å². The van der Waals surface area contributed by atoms with Crippen LogP contribution in [0.2, 0.25) is 0 Å². The molecule has 0 fully saturated rings. The molecule has 5 heteroatoms. The first kappa shape index (κ1) is 13.1. The number of carbonyl (C=O) groups excluding carboxylic acids is 1. The van der Waals surface area contributed by atoms with E-state index in [1.807, 2.05) is 42.2 Å². The Labute approximate surface area is 112 Å². The van der Waals surface area contributed by atoms with E-state index in [4.69, 9.17) is 4.74 Å². The van der Waals surface area contributed by atoms with Crippen molar-refractivity contribution in [1.29, 1.82) is 0 Å². The molecule has 19 heavy (non-hydrogen) atoms. The molecule has 100 valence electrons. The SMILES string of the molecule is CCn1cc(CNc2ccccc2C(=O)OC)cn1. The van der Waals surface area contributed by atoms with Gasteiger partial charge >= 0.3 is 5.97 Å². The first-order chi connectivity index (χ1) is 9.24. The van der Waals surface area contributed by atoms with Crippen molar-refractivity contribution in [1.82, 2.24) is 9.78 Å². The van der Waals surface area contributed by atoms with E-state index in [9.17, 15) is 4.79 Å². The first-order valence-electron chi connectivity index (χ1n) is 6.17. The van der Waals surface area contributed by atoms with Gasteiger partial charge in [0, 0.05) is 30.5 Å². The lowest BCUT2D eigenvalue weighted by Crippen LogP contribution is -2.07. The van der Waals surface area contributed by atoms with Crippen LogP contribution in [0.25, 0.3) is 0 Å². The summed E-state index contributed by atoms with van der Waals surface area (Å²) in [5.41, 5.74) is 2.37. The lowest BCUT2D eigenvalue weighted by atomic mass is 10.1. The average Bonchev–Trinajstić information content (AvgIpc) is 2.92. The first-order valence-corrected chi connectivity index (χ1v) is 6.17. The van der Waals surface area contributed by atoms with Gasteiger partial charge in [0.1, 0.15) is 0 Å². The van der Waals surface area contributed by atoms with Crippen LogP contribution in [0.4, 0.5) is 5.69 Å².